The van der Waals surface area contributed by atoms with Crippen molar-refractivity contribution in [2.45, 2.75) is 0 Å². The molecule has 19 heavy (non-hydrogen) atoms. The molecule has 6 nitrogen and oxygen atoms in total. The van der Waals surface area contributed by atoms with E-state index in [1.165, 1.54) is 0 Å². The highest BCUT2D eigenvalue weighted by atomic mass is 35.5. The molecule has 0 radical (unpaired) electrons. The standard InChI is InChI=1S/C12H13N5O.ClH/c1-17-10(8-5-3-2-4-6-8)7-9(16-17)11(18)15-12(13)14;/h2-7H,1H3,(H4,13,14,15,18);1H. The number of aliphatic imine (C=N–C) groups is 1. The summed E-state index contributed by atoms with van der Waals surface area (Å²) in [6.45, 7) is 0. The maximum absolute atomic E-state index is 11.6. The summed E-state index contributed by atoms with van der Waals surface area (Å²) in [6.07, 6.45) is 0. The van der Waals surface area contributed by atoms with E-state index in [-0.39, 0.29) is 24.1 Å². The number of nitrogens with zero attached hydrogens (tertiary/aromatic N) is 3. The average Bonchev–Trinajstić information content (AvgIpc) is 2.72. The van der Waals surface area contributed by atoms with E-state index in [9.17, 15) is 4.79 Å². The lowest BCUT2D eigenvalue weighted by molar-refractivity contribution is 0.0997. The van der Waals surface area contributed by atoms with Crippen LogP contribution in [0.4, 0.5) is 0 Å². The summed E-state index contributed by atoms with van der Waals surface area (Å²) < 4.78 is 1.62. The van der Waals surface area contributed by atoms with E-state index in [1.807, 2.05) is 30.3 Å². The molecule has 7 heteroatoms. The number of aromatic nitrogens is 2. The van der Waals surface area contributed by atoms with Gasteiger partial charge in [0.15, 0.2) is 11.7 Å². The van der Waals surface area contributed by atoms with E-state index in [4.69, 9.17) is 11.5 Å². The molecule has 0 saturated heterocycles. The lowest BCUT2D eigenvalue weighted by Crippen LogP contribution is -2.24. The molecule has 0 aliphatic heterocycles. The van der Waals surface area contributed by atoms with Gasteiger partial charge in [-0.25, -0.2) is 0 Å². The summed E-state index contributed by atoms with van der Waals surface area (Å²) in [4.78, 5) is 15.1. The molecule has 0 spiro atoms. The van der Waals surface area contributed by atoms with E-state index >= 15 is 0 Å². The summed E-state index contributed by atoms with van der Waals surface area (Å²) in [5.41, 5.74) is 12.3. The average molecular weight is 280 g/mol. The Hall–Kier alpha value is -2.34. The van der Waals surface area contributed by atoms with Crippen LogP contribution in [0.2, 0.25) is 0 Å². The molecular formula is C12H14ClN5O. The quantitative estimate of drug-likeness (QED) is 0.631. The number of aryl methyl sites for hydroxylation is 1. The second kappa shape index (κ2) is 6.01. The Morgan fingerprint density at radius 3 is 2.47 bits per heavy atom. The molecule has 0 saturated carbocycles. The summed E-state index contributed by atoms with van der Waals surface area (Å²) in [5, 5.41) is 4.09. The zero-order valence-corrected chi connectivity index (χ0v) is 11.1. The van der Waals surface area contributed by atoms with E-state index in [1.54, 1.807) is 17.8 Å². The lowest BCUT2D eigenvalue weighted by atomic mass is 10.1. The Bertz CT molecular complexity index is 602. The molecule has 1 aromatic heterocycles. The molecule has 1 aromatic carbocycles. The molecule has 4 N–H and O–H groups in total. The van der Waals surface area contributed by atoms with Gasteiger partial charge in [-0.3, -0.25) is 9.48 Å². The van der Waals surface area contributed by atoms with Gasteiger partial charge in [-0.05, 0) is 11.6 Å². The molecule has 0 aliphatic carbocycles. The first-order valence-corrected chi connectivity index (χ1v) is 5.31. The topological polar surface area (TPSA) is 99.3 Å². The number of hydrogen-bond acceptors (Lipinski definition) is 2. The van der Waals surface area contributed by atoms with Gasteiger partial charge in [0, 0.05) is 7.05 Å². The van der Waals surface area contributed by atoms with Crippen molar-refractivity contribution >= 4 is 24.3 Å². The first-order chi connectivity index (χ1) is 8.58. The van der Waals surface area contributed by atoms with Gasteiger partial charge < -0.3 is 11.5 Å². The van der Waals surface area contributed by atoms with Gasteiger partial charge >= 0.3 is 5.91 Å². The van der Waals surface area contributed by atoms with Gasteiger partial charge in [-0.2, -0.15) is 10.1 Å². The monoisotopic (exact) mass is 279 g/mol. The number of amides is 1. The van der Waals surface area contributed by atoms with Gasteiger partial charge in [0.25, 0.3) is 0 Å². The van der Waals surface area contributed by atoms with Crippen LogP contribution < -0.4 is 11.5 Å². The SMILES string of the molecule is Cl.Cn1nc(C(=O)N=C(N)N)cc1-c1ccccc1. The van der Waals surface area contributed by atoms with E-state index in [0.717, 1.165) is 11.3 Å². The second-order valence-corrected chi connectivity index (χ2v) is 3.75. The molecule has 0 fully saturated rings. The van der Waals surface area contributed by atoms with Crippen LogP contribution in [0.25, 0.3) is 11.3 Å². The molecule has 1 heterocycles. The van der Waals surface area contributed by atoms with Crippen molar-refractivity contribution in [3.63, 3.8) is 0 Å². The third kappa shape index (κ3) is 3.32. The summed E-state index contributed by atoms with van der Waals surface area (Å²) in [7, 11) is 1.76. The van der Waals surface area contributed by atoms with Crippen molar-refractivity contribution in [1.82, 2.24) is 9.78 Å². The third-order valence-electron chi connectivity index (χ3n) is 2.40. The van der Waals surface area contributed by atoms with Gasteiger partial charge in [-0.15, -0.1) is 12.4 Å². The summed E-state index contributed by atoms with van der Waals surface area (Å²) in [5.74, 6) is -0.820. The molecule has 2 aromatic rings. The highest BCUT2D eigenvalue weighted by Gasteiger charge is 2.13. The largest absolute Gasteiger partial charge is 0.370 e. The number of benzene rings is 1. The van der Waals surface area contributed by atoms with E-state index in [2.05, 4.69) is 10.1 Å². The van der Waals surface area contributed by atoms with Crippen LogP contribution >= 0.6 is 12.4 Å². The van der Waals surface area contributed by atoms with Crippen LogP contribution in [0.5, 0.6) is 0 Å². The molecule has 2 rings (SSSR count). The Balaban J connectivity index is 0.00000180. The number of hydrogen-bond donors (Lipinski definition) is 2. The molecule has 100 valence electrons. The maximum atomic E-state index is 11.6. The fraction of sp³-hybridized carbons (Fsp3) is 0.0833. The number of halogens is 1. The van der Waals surface area contributed by atoms with Crippen LogP contribution in [0.3, 0.4) is 0 Å². The smallest absolute Gasteiger partial charge is 0.300 e. The lowest BCUT2D eigenvalue weighted by Gasteiger charge is -1.99. The minimum absolute atomic E-state index is 0. The number of guanidine groups is 1. The van der Waals surface area contributed by atoms with Gasteiger partial charge in [0.2, 0.25) is 0 Å². The second-order valence-electron chi connectivity index (χ2n) is 3.75. The molecule has 0 unspecified atom stereocenters. The minimum Gasteiger partial charge on any atom is -0.370 e. The first kappa shape index (κ1) is 14.7. The van der Waals surface area contributed by atoms with Gasteiger partial charge in [0.05, 0.1) is 5.69 Å². The fourth-order valence-electron chi connectivity index (χ4n) is 1.63. The number of carbonyl (C=O) groups excluding carboxylic acids is 1. The van der Waals surface area contributed by atoms with Crippen LogP contribution in [-0.4, -0.2) is 21.6 Å². The Morgan fingerprint density at radius 1 is 1.26 bits per heavy atom. The van der Waals surface area contributed by atoms with Crippen LogP contribution in [0.1, 0.15) is 10.5 Å². The van der Waals surface area contributed by atoms with Gasteiger partial charge in [0.1, 0.15) is 0 Å². The summed E-state index contributed by atoms with van der Waals surface area (Å²) >= 11 is 0. The third-order valence-corrected chi connectivity index (χ3v) is 2.40. The molecule has 0 aliphatic rings. The molecule has 0 atom stereocenters. The summed E-state index contributed by atoms with van der Waals surface area (Å²) in [6, 6.07) is 11.3. The zero-order valence-electron chi connectivity index (χ0n) is 10.3. The Kier molecular flexibility index (Phi) is 4.66. The Labute approximate surface area is 116 Å². The van der Waals surface area contributed by atoms with Gasteiger partial charge in [-0.1, -0.05) is 30.3 Å². The van der Waals surface area contributed by atoms with Crippen molar-refractivity contribution in [2.75, 3.05) is 0 Å². The van der Waals surface area contributed by atoms with Crippen molar-refractivity contribution in [3.05, 3.63) is 42.1 Å². The molecule has 1 amide bonds. The number of rotatable bonds is 2. The predicted octanol–water partition coefficient (Wildman–Crippen LogP) is 0.923. The van der Waals surface area contributed by atoms with Crippen molar-refractivity contribution in [2.24, 2.45) is 23.5 Å². The fourth-order valence-corrected chi connectivity index (χ4v) is 1.63. The van der Waals surface area contributed by atoms with E-state index in [0.29, 0.717) is 0 Å². The van der Waals surface area contributed by atoms with Crippen molar-refractivity contribution in [1.29, 1.82) is 0 Å². The van der Waals surface area contributed by atoms with Crippen molar-refractivity contribution < 1.29 is 4.79 Å². The maximum Gasteiger partial charge on any atom is 0.300 e. The molecule has 0 bridgehead atoms. The van der Waals surface area contributed by atoms with E-state index < -0.39 is 5.91 Å². The van der Waals surface area contributed by atoms with Crippen LogP contribution in [0, 0.1) is 0 Å². The number of carbonyl (C=O) groups is 1. The van der Waals surface area contributed by atoms with Crippen LogP contribution in [0.15, 0.2) is 41.4 Å². The minimum atomic E-state index is -0.548. The number of nitrogens with two attached hydrogens (primary N) is 2. The Morgan fingerprint density at radius 2 is 1.89 bits per heavy atom. The predicted molar refractivity (Wildman–Crippen MR) is 76.0 cm³/mol. The van der Waals surface area contributed by atoms with Crippen LogP contribution in [-0.2, 0) is 7.05 Å². The molecular weight excluding hydrogens is 266 g/mol. The highest BCUT2D eigenvalue weighted by Crippen LogP contribution is 2.19. The van der Waals surface area contributed by atoms with Crippen molar-refractivity contribution in [3.8, 4) is 11.3 Å². The normalized spacial score (nSPS) is 9.53. The highest BCUT2D eigenvalue weighted by molar-refractivity contribution is 6.01. The zero-order chi connectivity index (χ0) is 13.1. The first-order valence-electron chi connectivity index (χ1n) is 5.31.